The van der Waals surface area contributed by atoms with Crippen LogP contribution in [0.1, 0.15) is 92.6 Å². The second kappa shape index (κ2) is 23.0. The number of rotatable bonds is 24. The molecule has 1 aliphatic heterocycles. The summed E-state index contributed by atoms with van der Waals surface area (Å²) in [6.45, 7) is 15.0. The molecule has 0 spiro atoms. The van der Waals surface area contributed by atoms with Crippen molar-refractivity contribution in [2.45, 2.75) is 130 Å². The number of likely N-dealkylation sites (tertiary alicyclic amines) is 1. The Morgan fingerprint density at radius 3 is 2.28 bits per heavy atom. The maximum Gasteiger partial charge on any atom is 0.303 e. The van der Waals surface area contributed by atoms with Crippen molar-refractivity contribution in [3.63, 3.8) is 0 Å². The van der Waals surface area contributed by atoms with Gasteiger partial charge in [0, 0.05) is 57.9 Å². The smallest absolute Gasteiger partial charge is 0.303 e. The standard InChI is InChI=1S/C44H72N6O8/c1-12-29(6)40(49(9)44(56)38(27(2)3)47-43(55)39(28(4)5)48(8)23-16-20-37(52)53)35(57-10)25-36(51)50-24-15-19-34(50)41(58-11)30(7)42(54)45-22-21-31-26-46-33-18-14-13-17-32(31)33/h13-14,17-18,26-30,34-35,38-41,46H,12,15-16,19-25H2,1-11H3,(H,45,54)(H,47,55)(H,52,53). The lowest BCUT2D eigenvalue weighted by atomic mass is 9.89. The molecule has 326 valence electrons. The van der Waals surface area contributed by atoms with Gasteiger partial charge in [0.15, 0.2) is 0 Å². The number of carbonyl (C=O) groups is 5. The highest BCUT2D eigenvalue weighted by atomic mass is 16.5. The van der Waals surface area contributed by atoms with E-state index in [2.05, 4.69) is 21.7 Å². The number of fused-ring (bicyclic) bond motifs is 1. The number of para-hydroxylation sites is 1. The third-order valence-corrected chi connectivity index (χ3v) is 12.1. The summed E-state index contributed by atoms with van der Waals surface area (Å²) in [5.74, 6) is -2.61. The number of aromatic nitrogens is 1. The van der Waals surface area contributed by atoms with Crippen LogP contribution in [-0.4, -0.2) is 139 Å². The number of methoxy groups -OCH3 is 2. The predicted octanol–water partition coefficient (Wildman–Crippen LogP) is 4.71. The maximum atomic E-state index is 14.4. The third kappa shape index (κ3) is 12.5. The van der Waals surface area contributed by atoms with E-state index in [1.54, 1.807) is 33.2 Å². The van der Waals surface area contributed by atoms with Crippen LogP contribution in [0.3, 0.4) is 0 Å². The number of carbonyl (C=O) groups excluding carboxylic acids is 4. The molecule has 1 aromatic carbocycles. The number of likely N-dealkylation sites (N-methyl/N-ethyl adjacent to an activating group) is 2. The number of amides is 4. The van der Waals surface area contributed by atoms with Crippen LogP contribution in [0.5, 0.6) is 0 Å². The number of aromatic amines is 1. The van der Waals surface area contributed by atoms with Gasteiger partial charge in [0.2, 0.25) is 23.6 Å². The van der Waals surface area contributed by atoms with Crippen molar-refractivity contribution in [3.05, 3.63) is 36.0 Å². The van der Waals surface area contributed by atoms with Gasteiger partial charge in [-0.2, -0.15) is 0 Å². The summed E-state index contributed by atoms with van der Waals surface area (Å²) in [4.78, 5) is 75.6. The van der Waals surface area contributed by atoms with E-state index in [0.29, 0.717) is 38.9 Å². The van der Waals surface area contributed by atoms with Crippen molar-refractivity contribution < 1.29 is 38.6 Å². The Morgan fingerprint density at radius 2 is 1.67 bits per heavy atom. The summed E-state index contributed by atoms with van der Waals surface area (Å²) >= 11 is 0. The molecular weight excluding hydrogens is 741 g/mol. The first kappa shape index (κ1) is 48.4. The van der Waals surface area contributed by atoms with E-state index in [1.165, 1.54) is 0 Å². The Hall–Kier alpha value is -4.01. The number of hydrogen-bond donors (Lipinski definition) is 4. The summed E-state index contributed by atoms with van der Waals surface area (Å²) in [6, 6.07) is 5.89. The molecule has 1 aromatic heterocycles. The van der Waals surface area contributed by atoms with Gasteiger partial charge >= 0.3 is 5.97 Å². The van der Waals surface area contributed by atoms with Gasteiger partial charge in [0.25, 0.3) is 0 Å². The quantitative estimate of drug-likeness (QED) is 0.117. The molecule has 2 aromatic rings. The van der Waals surface area contributed by atoms with E-state index in [1.807, 2.05) is 82.7 Å². The van der Waals surface area contributed by atoms with Gasteiger partial charge in [0.1, 0.15) is 6.04 Å². The number of ether oxygens (including phenoxy) is 2. The molecular formula is C44H72N6O8. The van der Waals surface area contributed by atoms with E-state index < -0.39 is 42.2 Å². The third-order valence-electron chi connectivity index (χ3n) is 12.1. The number of benzene rings is 1. The highest BCUT2D eigenvalue weighted by molar-refractivity contribution is 5.90. The largest absolute Gasteiger partial charge is 0.481 e. The number of nitrogens with zero attached hydrogens (tertiary/aromatic N) is 3. The van der Waals surface area contributed by atoms with Crippen LogP contribution in [0, 0.1) is 23.7 Å². The van der Waals surface area contributed by atoms with Crippen LogP contribution < -0.4 is 10.6 Å². The second-order valence-corrected chi connectivity index (χ2v) is 16.9. The molecule has 1 aliphatic rings. The first-order valence-corrected chi connectivity index (χ1v) is 21.2. The van der Waals surface area contributed by atoms with Gasteiger partial charge in [-0.3, -0.25) is 28.9 Å². The molecule has 14 heteroatoms. The van der Waals surface area contributed by atoms with Crippen molar-refractivity contribution in [1.29, 1.82) is 0 Å². The van der Waals surface area contributed by atoms with Crippen molar-refractivity contribution in [2.75, 3.05) is 47.9 Å². The minimum Gasteiger partial charge on any atom is -0.481 e. The fraction of sp³-hybridized carbons (Fsp3) is 0.705. The average molecular weight is 813 g/mol. The van der Waals surface area contributed by atoms with Crippen LogP contribution in [0.25, 0.3) is 10.9 Å². The lowest BCUT2D eigenvalue weighted by Gasteiger charge is -2.41. The summed E-state index contributed by atoms with van der Waals surface area (Å²) in [7, 11) is 6.66. The van der Waals surface area contributed by atoms with Gasteiger partial charge in [0.05, 0.1) is 42.7 Å². The number of hydrogen-bond acceptors (Lipinski definition) is 8. The van der Waals surface area contributed by atoms with Crippen LogP contribution >= 0.6 is 0 Å². The van der Waals surface area contributed by atoms with Gasteiger partial charge in [-0.25, -0.2) is 0 Å². The van der Waals surface area contributed by atoms with Crippen LogP contribution in [0.2, 0.25) is 0 Å². The molecule has 0 radical (unpaired) electrons. The van der Waals surface area contributed by atoms with Gasteiger partial charge in [-0.1, -0.05) is 73.1 Å². The van der Waals surface area contributed by atoms with E-state index in [4.69, 9.17) is 14.6 Å². The molecule has 0 bridgehead atoms. The van der Waals surface area contributed by atoms with E-state index >= 15 is 0 Å². The minimum atomic E-state index is -0.887. The number of carboxylic acids is 1. The summed E-state index contributed by atoms with van der Waals surface area (Å²) in [5, 5.41) is 16.3. The first-order chi connectivity index (χ1) is 27.5. The Kier molecular flexibility index (Phi) is 19.1. The minimum absolute atomic E-state index is 0.00411. The molecule has 58 heavy (non-hydrogen) atoms. The number of H-pyrrole nitrogens is 1. The Balaban J connectivity index is 1.72. The predicted molar refractivity (Wildman–Crippen MR) is 226 cm³/mol. The zero-order valence-electron chi connectivity index (χ0n) is 36.9. The van der Waals surface area contributed by atoms with Gasteiger partial charge in [-0.15, -0.1) is 0 Å². The second-order valence-electron chi connectivity index (χ2n) is 16.9. The Morgan fingerprint density at radius 1 is 0.983 bits per heavy atom. The monoisotopic (exact) mass is 813 g/mol. The van der Waals surface area contributed by atoms with Crippen molar-refractivity contribution in [2.24, 2.45) is 23.7 Å². The highest BCUT2D eigenvalue weighted by Gasteiger charge is 2.43. The van der Waals surface area contributed by atoms with Crippen LogP contribution in [-0.2, 0) is 39.9 Å². The topological polar surface area (TPSA) is 174 Å². The molecule has 8 atom stereocenters. The van der Waals surface area contributed by atoms with Crippen molar-refractivity contribution in [3.8, 4) is 0 Å². The zero-order valence-corrected chi connectivity index (χ0v) is 36.9. The number of nitrogens with one attached hydrogen (secondary N) is 3. The molecule has 1 saturated heterocycles. The van der Waals surface area contributed by atoms with Crippen molar-refractivity contribution >= 4 is 40.5 Å². The first-order valence-electron chi connectivity index (χ1n) is 21.2. The Labute approximate surface area is 346 Å². The fourth-order valence-corrected chi connectivity index (χ4v) is 8.73. The summed E-state index contributed by atoms with van der Waals surface area (Å²) in [5.41, 5.74) is 2.19. The summed E-state index contributed by atoms with van der Waals surface area (Å²) in [6.07, 6.45) is 4.12. The normalized spacial score (nSPS) is 18.2. The molecule has 2 heterocycles. The fourth-order valence-electron chi connectivity index (χ4n) is 8.73. The number of carboxylic acid groups (broad SMARTS) is 1. The maximum absolute atomic E-state index is 14.4. The van der Waals surface area contributed by atoms with E-state index in [0.717, 1.165) is 29.3 Å². The molecule has 8 unspecified atom stereocenters. The zero-order chi connectivity index (χ0) is 43.3. The molecule has 3 rings (SSSR count). The lowest BCUT2D eigenvalue weighted by Crippen LogP contribution is -2.60. The molecule has 0 aliphatic carbocycles. The van der Waals surface area contributed by atoms with Crippen molar-refractivity contribution in [1.82, 2.24) is 30.3 Å². The molecule has 4 amide bonds. The molecule has 1 fully saturated rings. The van der Waals surface area contributed by atoms with E-state index in [9.17, 15) is 24.0 Å². The van der Waals surface area contributed by atoms with Crippen LogP contribution in [0.4, 0.5) is 0 Å². The molecule has 14 nitrogen and oxygen atoms in total. The molecule has 0 saturated carbocycles. The highest BCUT2D eigenvalue weighted by Crippen LogP contribution is 2.30. The van der Waals surface area contributed by atoms with Gasteiger partial charge in [-0.05, 0) is 68.7 Å². The SMILES string of the molecule is CCC(C)C(C(CC(=O)N1CCCC1C(OC)C(C)C(=O)NCCc1c[nH]c2ccccc12)OC)N(C)C(=O)C(NC(=O)C(C(C)C)N(C)CCCC(=O)O)C(C)C. The average Bonchev–Trinajstić information content (AvgIpc) is 3.84. The van der Waals surface area contributed by atoms with Crippen LogP contribution in [0.15, 0.2) is 30.5 Å². The molecule has 4 N–H and O–H groups in total. The Bertz CT molecular complexity index is 1650. The summed E-state index contributed by atoms with van der Waals surface area (Å²) < 4.78 is 12.0. The van der Waals surface area contributed by atoms with E-state index in [-0.39, 0.29) is 60.3 Å². The number of aliphatic carboxylic acids is 1. The van der Waals surface area contributed by atoms with Gasteiger partial charge < -0.3 is 40.0 Å². The lowest BCUT2D eigenvalue weighted by molar-refractivity contribution is -0.148.